The lowest BCUT2D eigenvalue weighted by molar-refractivity contribution is -0.152. The van der Waals surface area contributed by atoms with Crippen molar-refractivity contribution >= 4 is 11.9 Å². The van der Waals surface area contributed by atoms with Crippen LogP contribution in [-0.4, -0.2) is 28.6 Å². The Balaban J connectivity index is 1.92. The third kappa shape index (κ3) is 5.35. The quantitative estimate of drug-likeness (QED) is 0.810. The Kier molecular flexibility index (Phi) is 5.80. The topological polar surface area (TPSA) is 75.6 Å². The average molecular weight is 341 g/mol. The van der Waals surface area contributed by atoms with Crippen LogP contribution in [0.25, 0.3) is 0 Å². The van der Waals surface area contributed by atoms with E-state index in [4.69, 9.17) is 9.84 Å². The number of carbonyl (C=O) groups is 2. The molecule has 1 unspecified atom stereocenters. The summed E-state index contributed by atoms with van der Waals surface area (Å²) in [6.07, 6.45) is 0.668. The highest BCUT2D eigenvalue weighted by atomic mass is 16.5. The number of ether oxygens (including phenoxy) is 1. The molecule has 2 aromatic carbocycles. The molecule has 0 aliphatic heterocycles. The number of carbonyl (C=O) groups excluding carboxylic acids is 1. The molecule has 0 bridgehead atoms. The number of aliphatic carboxylic acids is 1. The number of nitrogens with one attached hydrogen (secondary N) is 1. The summed E-state index contributed by atoms with van der Waals surface area (Å²) in [7, 11) is 0. The second kappa shape index (κ2) is 7.83. The molecule has 2 aromatic rings. The Morgan fingerprint density at radius 2 is 1.68 bits per heavy atom. The van der Waals surface area contributed by atoms with Crippen LogP contribution in [0, 0.1) is 0 Å². The monoisotopic (exact) mass is 341 g/mol. The zero-order valence-electron chi connectivity index (χ0n) is 14.7. The Labute approximate surface area is 147 Å². The van der Waals surface area contributed by atoms with E-state index < -0.39 is 11.6 Å². The van der Waals surface area contributed by atoms with Gasteiger partial charge in [-0.05, 0) is 57.0 Å². The van der Waals surface area contributed by atoms with Gasteiger partial charge in [-0.2, -0.15) is 0 Å². The van der Waals surface area contributed by atoms with Gasteiger partial charge < -0.3 is 15.2 Å². The van der Waals surface area contributed by atoms with Crippen molar-refractivity contribution in [3.63, 3.8) is 0 Å². The van der Waals surface area contributed by atoms with E-state index in [1.54, 1.807) is 24.3 Å². The molecule has 0 fully saturated rings. The molecule has 0 heterocycles. The molecule has 0 spiro atoms. The first-order valence-electron chi connectivity index (χ1n) is 8.15. The van der Waals surface area contributed by atoms with Crippen molar-refractivity contribution in [2.75, 3.05) is 0 Å². The fraction of sp³-hybridized carbons (Fsp3) is 0.300. The van der Waals surface area contributed by atoms with Gasteiger partial charge in [0.2, 0.25) is 0 Å². The van der Waals surface area contributed by atoms with Crippen LogP contribution < -0.4 is 10.1 Å². The van der Waals surface area contributed by atoms with Crippen LogP contribution in [0.3, 0.4) is 0 Å². The molecular formula is C20H23NO4. The molecule has 0 aliphatic carbocycles. The second-order valence-electron chi connectivity index (χ2n) is 6.51. The van der Waals surface area contributed by atoms with Crippen molar-refractivity contribution in [1.82, 2.24) is 5.32 Å². The van der Waals surface area contributed by atoms with Crippen LogP contribution in [0.2, 0.25) is 0 Å². The van der Waals surface area contributed by atoms with Crippen LogP contribution in [0.15, 0.2) is 54.6 Å². The van der Waals surface area contributed by atoms with E-state index in [0.717, 1.165) is 5.56 Å². The molecule has 1 amide bonds. The lowest BCUT2D eigenvalue weighted by atomic mass is 10.1. The average Bonchev–Trinajstić information content (AvgIpc) is 2.57. The molecule has 0 saturated heterocycles. The first-order chi connectivity index (χ1) is 11.8. The van der Waals surface area contributed by atoms with Gasteiger partial charge in [-0.3, -0.25) is 4.79 Å². The minimum atomic E-state index is -1.28. The minimum absolute atomic E-state index is 0.0325. The molecule has 5 heteroatoms. The summed E-state index contributed by atoms with van der Waals surface area (Å²) in [4.78, 5) is 23.2. The molecule has 25 heavy (non-hydrogen) atoms. The Bertz CT molecular complexity index is 723. The number of carboxylic acids is 1. The summed E-state index contributed by atoms with van der Waals surface area (Å²) in [6.45, 7) is 4.95. The number of benzene rings is 2. The fourth-order valence-electron chi connectivity index (χ4n) is 2.33. The van der Waals surface area contributed by atoms with Crippen LogP contribution in [-0.2, 0) is 11.2 Å². The standard InChI is InChI=1S/C20H23NO4/c1-14(21-18(22)16-7-5-4-6-8-16)13-15-9-11-17(12-10-15)25-20(2,3)19(23)24/h4-12,14H,13H2,1-3H3,(H,21,22)(H,23,24). The molecule has 0 saturated carbocycles. The first kappa shape index (κ1) is 18.5. The van der Waals surface area contributed by atoms with Crippen molar-refractivity contribution in [2.24, 2.45) is 0 Å². The van der Waals surface area contributed by atoms with E-state index in [1.807, 2.05) is 37.3 Å². The highest BCUT2D eigenvalue weighted by molar-refractivity contribution is 5.94. The van der Waals surface area contributed by atoms with Gasteiger partial charge in [-0.15, -0.1) is 0 Å². The largest absolute Gasteiger partial charge is 0.478 e. The molecule has 0 aliphatic rings. The van der Waals surface area contributed by atoms with Gasteiger partial charge >= 0.3 is 5.97 Å². The van der Waals surface area contributed by atoms with Crippen LogP contribution >= 0.6 is 0 Å². The Morgan fingerprint density at radius 3 is 2.24 bits per heavy atom. The maximum Gasteiger partial charge on any atom is 0.347 e. The van der Waals surface area contributed by atoms with Gasteiger partial charge in [-0.1, -0.05) is 30.3 Å². The third-order valence-electron chi connectivity index (χ3n) is 3.77. The molecular weight excluding hydrogens is 318 g/mol. The molecule has 1 atom stereocenters. The highest BCUT2D eigenvalue weighted by Gasteiger charge is 2.29. The third-order valence-corrected chi connectivity index (χ3v) is 3.77. The van der Waals surface area contributed by atoms with E-state index in [-0.39, 0.29) is 11.9 Å². The summed E-state index contributed by atoms with van der Waals surface area (Å²) in [5.41, 5.74) is 0.383. The predicted octanol–water partition coefficient (Wildman–Crippen LogP) is 3.29. The zero-order chi connectivity index (χ0) is 18.4. The highest BCUT2D eigenvalue weighted by Crippen LogP contribution is 2.20. The maximum atomic E-state index is 12.1. The summed E-state index contributed by atoms with van der Waals surface area (Å²) >= 11 is 0. The van der Waals surface area contributed by atoms with Crippen LogP contribution in [0.1, 0.15) is 36.7 Å². The van der Waals surface area contributed by atoms with Gasteiger partial charge in [0.05, 0.1) is 0 Å². The molecule has 2 N–H and O–H groups in total. The van der Waals surface area contributed by atoms with Gasteiger partial charge in [0, 0.05) is 11.6 Å². The van der Waals surface area contributed by atoms with Crippen molar-refractivity contribution in [3.8, 4) is 5.75 Å². The minimum Gasteiger partial charge on any atom is -0.478 e. The SMILES string of the molecule is CC(Cc1ccc(OC(C)(C)C(=O)O)cc1)NC(=O)c1ccccc1. The number of hydrogen-bond acceptors (Lipinski definition) is 3. The number of rotatable bonds is 7. The normalized spacial score (nSPS) is 12.3. The van der Waals surface area contributed by atoms with Gasteiger partial charge in [0.1, 0.15) is 5.75 Å². The molecule has 132 valence electrons. The number of carboxylic acid groups (broad SMARTS) is 1. The predicted molar refractivity (Wildman–Crippen MR) is 95.9 cm³/mol. The molecule has 2 rings (SSSR count). The van der Waals surface area contributed by atoms with Gasteiger partial charge in [-0.25, -0.2) is 4.79 Å². The van der Waals surface area contributed by atoms with Gasteiger partial charge in [0.25, 0.3) is 5.91 Å². The maximum absolute atomic E-state index is 12.1. The van der Waals surface area contributed by atoms with Crippen molar-refractivity contribution in [2.45, 2.75) is 38.8 Å². The summed E-state index contributed by atoms with van der Waals surface area (Å²) in [5, 5.41) is 12.1. The molecule has 5 nitrogen and oxygen atoms in total. The summed E-state index contributed by atoms with van der Waals surface area (Å²) in [5.74, 6) is -0.623. The van der Waals surface area contributed by atoms with E-state index in [1.165, 1.54) is 13.8 Å². The summed E-state index contributed by atoms with van der Waals surface area (Å²) < 4.78 is 5.48. The van der Waals surface area contributed by atoms with E-state index in [2.05, 4.69) is 5.32 Å². The number of amides is 1. The van der Waals surface area contributed by atoms with Crippen molar-refractivity contribution in [1.29, 1.82) is 0 Å². The smallest absolute Gasteiger partial charge is 0.347 e. The molecule has 0 aromatic heterocycles. The molecule has 0 radical (unpaired) electrons. The van der Waals surface area contributed by atoms with E-state index in [0.29, 0.717) is 17.7 Å². The summed E-state index contributed by atoms with van der Waals surface area (Å²) in [6, 6.07) is 16.3. The van der Waals surface area contributed by atoms with Gasteiger partial charge in [0.15, 0.2) is 5.60 Å². The van der Waals surface area contributed by atoms with E-state index in [9.17, 15) is 9.59 Å². The fourth-order valence-corrected chi connectivity index (χ4v) is 2.33. The second-order valence-corrected chi connectivity index (χ2v) is 6.51. The Morgan fingerprint density at radius 1 is 1.08 bits per heavy atom. The zero-order valence-corrected chi connectivity index (χ0v) is 14.7. The van der Waals surface area contributed by atoms with Crippen molar-refractivity contribution < 1.29 is 19.4 Å². The lowest BCUT2D eigenvalue weighted by Gasteiger charge is -2.21. The lowest BCUT2D eigenvalue weighted by Crippen LogP contribution is -2.37. The Hall–Kier alpha value is -2.82. The van der Waals surface area contributed by atoms with Crippen LogP contribution in [0.4, 0.5) is 0 Å². The van der Waals surface area contributed by atoms with Crippen molar-refractivity contribution in [3.05, 3.63) is 65.7 Å². The number of hydrogen-bond donors (Lipinski definition) is 2. The van der Waals surface area contributed by atoms with Crippen LogP contribution in [0.5, 0.6) is 5.75 Å². The first-order valence-corrected chi connectivity index (χ1v) is 8.15. The van der Waals surface area contributed by atoms with E-state index >= 15 is 0 Å².